The number of carbonyl (C=O) groups is 1. The molecule has 0 aliphatic rings. The van der Waals surface area contributed by atoms with Crippen LogP contribution in [0.25, 0.3) is 20.9 Å². The van der Waals surface area contributed by atoms with Crippen molar-refractivity contribution in [2.75, 3.05) is 5.32 Å². The molecular weight excluding hydrogens is 264 g/mol. The summed E-state index contributed by atoms with van der Waals surface area (Å²) < 4.78 is 0. The van der Waals surface area contributed by atoms with Gasteiger partial charge in [-0.1, -0.05) is 11.3 Å². The Kier molecular flexibility index (Phi) is 2.81. The number of fused-ring (bicyclic) bond motifs is 1. The van der Waals surface area contributed by atoms with Crippen molar-refractivity contribution >= 4 is 33.6 Å². The quantitative estimate of drug-likeness (QED) is 0.749. The smallest absolute Gasteiger partial charge is 0.410 e. The van der Waals surface area contributed by atoms with Gasteiger partial charge in [0.2, 0.25) is 0 Å². The molecule has 0 fully saturated rings. The Morgan fingerprint density at radius 3 is 2.89 bits per heavy atom. The van der Waals surface area contributed by atoms with Gasteiger partial charge in [-0.25, -0.2) is 14.8 Å². The highest BCUT2D eigenvalue weighted by Crippen LogP contribution is 2.29. The van der Waals surface area contributed by atoms with Crippen molar-refractivity contribution in [3.8, 4) is 10.6 Å². The van der Waals surface area contributed by atoms with Crippen LogP contribution < -0.4 is 5.32 Å². The van der Waals surface area contributed by atoms with Crippen molar-refractivity contribution in [1.29, 1.82) is 0 Å². The fourth-order valence-electron chi connectivity index (χ4n) is 1.61. The molecule has 0 aliphatic carbocycles. The van der Waals surface area contributed by atoms with E-state index in [9.17, 15) is 4.79 Å². The highest BCUT2D eigenvalue weighted by molar-refractivity contribution is 7.21. The van der Waals surface area contributed by atoms with Crippen LogP contribution in [0.2, 0.25) is 0 Å². The van der Waals surface area contributed by atoms with E-state index in [4.69, 9.17) is 5.11 Å². The van der Waals surface area contributed by atoms with Gasteiger partial charge in [-0.3, -0.25) is 10.3 Å². The molecule has 3 heterocycles. The van der Waals surface area contributed by atoms with Crippen molar-refractivity contribution in [2.45, 2.75) is 0 Å². The molecular formula is C12H8N4O2S. The lowest BCUT2D eigenvalue weighted by molar-refractivity contribution is 0.209. The van der Waals surface area contributed by atoms with E-state index in [0.717, 1.165) is 16.1 Å². The van der Waals surface area contributed by atoms with E-state index >= 15 is 0 Å². The van der Waals surface area contributed by atoms with Crippen LogP contribution in [0.15, 0.2) is 36.7 Å². The van der Waals surface area contributed by atoms with Crippen LogP contribution in [-0.2, 0) is 0 Å². The van der Waals surface area contributed by atoms with Crippen molar-refractivity contribution < 1.29 is 9.90 Å². The van der Waals surface area contributed by atoms with E-state index < -0.39 is 6.09 Å². The van der Waals surface area contributed by atoms with Crippen LogP contribution in [0.3, 0.4) is 0 Å². The third-order valence-corrected chi connectivity index (χ3v) is 3.41. The molecule has 3 aromatic heterocycles. The summed E-state index contributed by atoms with van der Waals surface area (Å²) in [4.78, 5) is 23.9. The topological polar surface area (TPSA) is 88.0 Å². The minimum atomic E-state index is -1.14. The number of amides is 1. The van der Waals surface area contributed by atoms with Gasteiger partial charge in [-0.2, -0.15) is 0 Å². The molecule has 0 atom stereocenters. The molecule has 0 bridgehead atoms. The lowest BCUT2D eigenvalue weighted by Crippen LogP contribution is -2.08. The Morgan fingerprint density at radius 2 is 2.16 bits per heavy atom. The standard InChI is InChI=1S/C12H8N4O2S/c17-12(18)16-9-4-3-8-11(15-9)19-10(14-8)7-2-1-5-13-6-7/h1-6H,(H,15,16)(H,17,18). The van der Waals surface area contributed by atoms with E-state index in [0.29, 0.717) is 10.6 Å². The van der Waals surface area contributed by atoms with E-state index in [1.807, 2.05) is 12.1 Å². The summed E-state index contributed by atoms with van der Waals surface area (Å²) >= 11 is 1.40. The van der Waals surface area contributed by atoms with Gasteiger partial charge in [0, 0.05) is 18.0 Å². The maximum Gasteiger partial charge on any atom is 0.410 e. The molecule has 94 valence electrons. The maximum atomic E-state index is 10.6. The summed E-state index contributed by atoms with van der Waals surface area (Å²) in [6, 6.07) is 7.08. The fraction of sp³-hybridized carbons (Fsp3) is 0. The fourth-order valence-corrected chi connectivity index (χ4v) is 2.54. The normalized spacial score (nSPS) is 10.5. The summed E-state index contributed by atoms with van der Waals surface area (Å²) in [5.74, 6) is 0.293. The molecule has 6 nitrogen and oxygen atoms in total. The molecule has 2 N–H and O–H groups in total. The van der Waals surface area contributed by atoms with Gasteiger partial charge in [-0.15, -0.1) is 0 Å². The third-order valence-electron chi connectivity index (χ3n) is 2.40. The van der Waals surface area contributed by atoms with Crippen LogP contribution in [0, 0.1) is 0 Å². The molecule has 19 heavy (non-hydrogen) atoms. The minimum Gasteiger partial charge on any atom is -0.465 e. The SMILES string of the molecule is O=C(O)Nc1ccc2nc(-c3cccnc3)sc2n1. The average molecular weight is 272 g/mol. The predicted molar refractivity (Wildman–Crippen MR) is 72.3 cm³/mol. The maximum absolute atomic E-state index is 10.6. The number of hydrogen-bond donors (Lipinski definition) is 2. The van der Waals surface area contributed by atoms with Crippen LogP contribution >= 0.6 is 11.3 Å². The van der Waals surface area contributed by atoms with E-state index in [2.05, 4.69) is 20.3 Å². The first-order valence-electron chi connectivity index (χ1n) is 5.40. The molecule has 1 amide bonds. The number of nitrogens with one attached hydrogen (secondary N) is 1. The zero-order chi connectivity index (χ0) is 13.2. The number of carboxylic acid groups (broad SMARTS) is 1. The minimum absolute atomic E-state index is 0.293. The first-order valence-corrected chi connectivity index (χ1v) is 6.22. The molecule has 0 unspecified atom stereocenters. The number of anilines is 1. The average Bonchev–Trinajstić information content (AvgIpc) is 2.82. The van der Waals surface area contributed by atoms with Gasteiger partial charge in [0.1, 0.15) is 21.2 Å². The summed E-state index contributed by atoms with van der Waals surface area (Å²) in [7, 11) is 0. The Hall–Kier alpha value is -2.54. The molecule has 3 aromatic rings. The predicted octanol–water partition coefficient (Wildman–Crippen LogP) is 2.84. The summed E-state index contributed by atoms with van der Waals surface area (Å²) in [5.41, 5.74) is 1.65. The number of nitrogens with zero attached hydrogens (tertiary/aromatic N) is 3. The summed E-state index contributed by atoms with van der Waals surface area (Å²) in [6.07, 6.45) is 2.29. The lowest BCUT2D eigenvalue weighted by atomic mass is 10.3. The van der Waals surface area contributed by atoms with Crippen molar-refractivity contribution in [1.82, 2.24) is 15.0 Å². The summed E-state index contributed by atoms with van der Waals surface area (Å²) in [6.45, 7) is 0. The second kappa shape index (κ2) is 4.62. The zero-order valence-electron chi connectivity index (χ0n) is 9.57. The monoisotopic (exact) mass is 272 g/mol. The molecule has 0 radical (unpaired) electrons. The first-order chi connectivity index (χ1) is 9.22. The second-order valence-electron chi connectivity index (χ2n) is 3.71. The van der Waals surface area contributed by atoms with Crippen LogP contribution in [0.4, 0.5) is 10.6 Å². The molecule has 0 aromatic carbocycles. The van der Waals surface area contributed by atoms with Crippen LogP contribution in [-0.4, -0.2) is 26.2 Å². The Bertz CT molecular complexity index is 742. The van der Waals surface area contributed by atoms with Gasteiger partial charge in [0.25, 0.3) is 0 Å². The number of thiazole rings is 1. The number of aromatic nitrogens is 3. The first kappa shape index (κ1) is 11.5. The highest BCUT2D eigenvalue weighted by atomic mass is 32.1. The summed E-state index contributed by atoms with van der Waals surface area (Å²) in [5, 5.41) is 11.7. The largest absolute Gasteiger partial charge is 0.465 e. The van der Waals surface area contributed by atoms with Crippen LogP contribution in [0.5, 0.6) is 0 Å². The highest BCUT2D eigenvalue weighted by Gasteiger charge is 2.09. The number of hydrogen-bond acceptors (Lipinski definition) is 5. The van der Waals surface area contributed by atoms with Gasteiger partial charge < -0.3 is 5.11 Å². The zero-order valence-corrected chi connectivity index (χ0v) is 10.4. The molecule has 3 rings (SSSR count). The van der Waals surface area contributed by atoms with Crippen molar-refractivity contribution in [2.24, 2.45) is 0 Å². The second-order valence-corrected chi connectivity index (χ2v) is 4.69. The molecule has 0 spiro atoms. The Labute approximate surface area is 111 Å². The van der Waals surface area contributed by atoms with Gasteiger partial charge in [-0.05, 0) is 24.3 Å². The van der Waals surface area contributed by atoms with E-state index in [-0.39, 0.29) is 0 Å². The Morgan fingerprint density at radius 1 is 1.26 bits per heavy atom. The van der Waals surface area contributed by atoms with Crippen molar-refractivity contribution in [3.05, 3.63) is 36.7 Å². The van der Waals surface area contributed by atoms with Gasteiger partial charge in [0.05, 0.1) is 0 Å². The van der Waals surface area contributed by atoms with Crippen LogP contribution in [0.1, 0.15) is 0 Å². The number of rotatable bonds is 2. The van der Waals surface area contributed by atoms with E-state index in [1.54, 1.807) is 24.5 Å². The lowest BCUT2D eigenvalue weighted by Gasteiger charge is -1.97. The van der Waals surface area contributed by atoms with E-state index in [1.165, 1.54) is 11.3 Å². The molecule has 0 saturated carbocycles. The molecule has 0 saturated heterocycles. The van der Waals surface area contributed by atoms with Crippen molar-refractivity contribution in [3.63, 3.8) is 0 Å². The Balaban J connectivity index is 2.04. The molecule has 0 aliphatic heterocycles. The molecule has 7 heteroatoms. The third kappa shape index (κ3) is 2.36. The van der Waals surface area contributed by atoms with Gasteiger partial charge in [0.15, 0.2) is 0 Å². The van der Waals surface area contributed by atoms with Gasteiger partial charge >= 0.3 is 6.09 Å². The number of pyridine rings is 2.